The van der Waals surface area contributed by atoms with Crippen LogP contribution < -0.4 is 0 Å². The van der Waals surface area contributed by atoms with Crippen molar-refractivity contribution in [1.82, 2.24) is 0 Å². The molecule has 0 saturated carbocycles. The molecular formula is C16H25ClO. The van der Waals surface area contributed by atoms with Crippen LogP contribution in [-0.4, -0.2) is 5.11 Å². The molecule has 0 aliphatic carbocycles. The number of halogens is 1. The summed E-state index contributed by atoms with van der Waals surface area (Å²) < 4.78 is 0. The first-order chi connectivity index (χ1) is 8.25. The summed E-state index contributed by atoms with van der Waals surface area (Å²) in [5.74, 6) is 1.08. The lowest BCUT2D eigenvalue weighted by Gasteiger charge is -2.31. The summed E-state index contributed by atoms with van der Waals surface area (Å²) in [6.45, 7) is 12.7. The van der Waals surface area contributed by atoms with Crippen molar-refractivity contribution in [2.45, 2.75) is 47.6 Å². The molecule has 18 heavy (non-hydrogen) atoms. The molecule has 1 unspecified atom stereocenters. The fourth-order valence-electron chi connectivity index (χ4n) is 2.74. The zero-order valence-electron chi connectivity index (χ0n) is 12.3. The number of aryl methyl sites for hydroxylation is 2. The summed E-state index contributed by atoms with van der Waals surface area (Å²) in [7, 11) is 0. The lowest BCUT2D eigenvalue weighted by molar-refractivity contribution is 0.0525. The Morgan fingerprint density at radius 1 is 0.944 bits per heavy atom. The third-order valence-electron chi connectivity index (χ3n) is 3.84. The van der Waals surface area contributed by atoms with Gasteiger partial charge in [0.15, 0.2) is 0 Å². The molecule has 1 rings (SSSR count). The van der Waals surface area contributed by atoms with Gasteiger partial charge in [-0.1, -0.05) is 45.4 Å². The summed E-state index contributed by atoms with van der Waals surface area (Å²) in [5.41, 5.74) is 3.22. The standard InChI is InChI=1S/C16H25ClO/c1-9(2)15(10(3)4)16(18)13-7-11(5)12(6)8-14(13)17/h7-10,15-16,18H,1-6H3. The van der Waals surface area contributed by atoms with Crippen LogP contribution in [0.3, 0.4) is 0 Å². The molecule has 1 aromatic rings. The van der Waals surface area contributed by atoms with Crippen LogP contribution in [0.4, 0.5) is 0 Å². The molecule has 1 nitrogen and oxygen atoms in total. The van der Waals surface area contributed by atoms with Crippen LogP contribution in [0.2, 0.25) is 5.02 Å². The molecule has 102 valence electrons. The highest BCUT2D eigenvalue weighted by Gasteiger charge is 2.28. The summed E-state index contributed by atoms with van der Waals surface area (Å²) in [4.78, 5) is 0. The van der Waals surface area contributed by atoms with E-state index in [2.05, 4.69) is 34.6 Å². The first kappa shape index (κ1) is 15.5. The van der Waals surface area contributed by atoms with Gasteiger partial charge in [-0.2, -0.15) is 0 Å². The molecule has 1 N–H and O–H groups in total. The minimum Gasteiger partial charge on any atom is -0.388 e. The Morgan fingerprint density at radius 3 is 1.83 bits per heavy atom. The van der Waals surface area contributed by atoms with Crippen LogP contribution in [0, 0.1) is 31.6 Å². The molecule has 1 atom stereocenters. The maximum absolute atomic E-state index is 10.6. The number of rotatable bonds is 4. The second kappa shape index (κ2) is 6.08. The molecule has 0 spiro atoms. The fourth-order valence-corrected chi connectivity index (χ4v) is 3.07. The molecule has 0 aliphatic rings. The second-order valence-electron chi connectivity index (χ2n) is 5.97. The van der Waals surface area contributed by atoms with Crippen LogP contribution in [-0.2, 0) is 0 Å². The average Bonchev–Trinajstić information content (AvgIpc) is 2.22. The summed E-state index contributed by atoms with van der Waals surface area (Å²) >= 11 is 6.29. The Bertz CT molecular complexity index is 402. The topological polar surface area (TPSA) is 20.2 Å². The average molecular weight is 269 g/mol. The van der Waals surface area contributed by atoms with Gasteiger partial charge in [-0.3, -0.25) is 0 Å². The van der Waals surface area contributed by atoms with Crippen LogP contribution in [0.15, 0.2) is 12.1 Å². The molecular weight excluding hydrogens is 244 g/mol. The van der Waals surface area contributed by atoms with E-state index in [-0.39, 0.29) is 5.92 Å². The van der Waals surface area contributed by atoms with Crippen molar-refractivity contribution in [3.8, 4) is 0 Å². The van der Waals surface area contributed by atoms with Crippen molar-refractivity contribution in [3.05, 3.63) is 33.8 Å². The van der Waals surface area contributed by atoms with Crippen LogP contribution in [0.25, 0.3) is 0 Å². The van der Waals surface area contributed by atoms with Crippen molar-refractivity contribution >= 4 is 11.6 Å². The first-order valence-corrected chi connectivity index (χ1v) is 7.08. The van der Waals surface area contributed by atoms with Gasteiger partial charge in [0, 0.05) is 5.02 Å². The molecule has 2 heteroatoms. The lowest BCUT2D eigenvalue weighted by atomic mass is 9.78. The number of benzene rings is 1. The van der Waals surface area contributed by atoms with Crippen molar-refractivity contribution in [3.63, 3.8) is 0 Å². The van der Waals surface area contributed by atoms with Gasteiger partial charge >= 0.3 is 0 Å². The summed E-state index contributed by atoms with van der Waals surface area (Å²) in [5, 5.41) is 11.3. The predicted molar refractivity (Wildman–Crippen MR) is 79.1 cm³/mol. The van der Waals surface area contributed by atoms with E-state index in [1.54, 1.807) is 0 Å². The second-order valence-corrected chi connectivity index (χ2v) is 6.38. The highest BCUT2D eigenvalue weighted by molar-refractivity contribution is 6.31. The third kappa shape index (κ3) is 3.27. The molecule has 0 amide bonds. The van der Waals surface area contributed by atoms with E-state index in [9.17, 15) is 5.11 Å². The summed E-state index contributed by atoms with van der Waals surface area (Å²) in [6.07, 6.45) is -0.489. The lowest BCUT2D eigenvalue weighted by Crippen LogP contribution is -2.24. The van der Waals surface area contributed by atoms with Gasteiger partial charge in [0.05, 0.1) is 6.10 Å². The number of hydrogen-bond acceptors (Lipinski definition) is 1. The molecule has 0 aromatic heterocycles. The van der Waals surface area contributed by atoms with Crippen LogP contribution >= 0.6 is 11.6 Å². The smallest absolute Gasteiger partial charge is 0.0837 e. The maximum atomic E-state index is 10.6. The van der Waals surface area contributed by atoms with E-state index in [0.717, 1.165) is 5.56 Å². The van der Waals surface area contributed by atoms with Crippen molar-refractivity contribution < 1.29 is 5.11 Å². The van der Waals surface area contributed by atoms with Crippen LogP contribution in [0.5, 0.6) is 0 Å². The Labute approximate surface area is 116 Å². The van der Waals surface area contributed by atoms with E-state index < -0.39 is 6.10 Å². The zero-order chi connectivity index (χ0) is 14.0. The van der Waals surface area contributed by atoms with E-state index in [1.165, 1.54) is 11.1 Å². The SMILES string of the molecule is Cc1cc(Cl)c(C(O)C(C(C)C)C(C)C)cc1C. The monoisotopic (exact) mass is 268 g/mol. The third-order valence-corrected chi connectivity index (χ3v) is 4.16. The van der Waals surface area contributed by atoms with Gasteiger partial charge in [-0.05, 0) is 54.4 Å². The normalized spacial score (nSPS) is 13.7. The van der Waals surface area contributed by atoms with Gasteiger partial charge in [0.2, 0.25) is 0 Å². The van der Waals surface area contributed by atoms with E-state index in [4.69, 9.17) is 11.6 Å². The van der Waals surface area contributed by atoms with Crippen molar-refractivity contribution in [2.75, 3.05) is 0 Å². The van der Waals surface area contributed by atoms with E-state index in [0.29, 0.717) is 16.9 Å². The molecule has 0 heterocycles. The van der Waals surface area contributed by atoms with Crippen molar-refractivity contribution in [2.24, 2.45) is 17.8 Å². The number of aliphatic hydroxyl groups excluding tert-OH is 1. The molecule has 0 fully saturated rings. The predicted octanol–water partition coefficient (Wildman–Crippen LogP) is 4.92. The maximum Gasteiger partial charge on any atom is 0.0837 e. The van der Waals surface area contributed by atoms with Gasteiger partial charge in [-0.15, -0.1) is 0 Å². The molecule has 0 radical (unpaired) electrons. The molecule has 1 aromatic carbocycles. The fraction of sp³-hybridized carbons (Fsp3) is 0.625. The van der Waals surface area contributed by atoms with Crippen molar-refractivity contribution in [1.29, 1.82) is 0 Å². The number of aliphatic hydroxyl groups is 1. The van der Waals surface area contributed by atoms with Gasteiger partial charge < -0.3 is 5.11 Å². The summed E-state index contributed by atoms with van der Waals surface area (Å²) in [6, 6.07) is 3.98. The Hall–Kier alpha value is -0.530. The highest BCUT2D eigenvalue weighted by Crippen LogP contribution is 2.37. The minimum atomic E-state index is -0.489. The quantitative estimate of drug-likeness (QED) is 0.822. The number of hydrogen-bond donors (Lipinski definition) is 1. The molecule has 0 bridgehead atoms. The van der Waals surface area contributed by atoms with E-state index in [1.807, 2.05) is 19.1 Å². The molecule has 0 saturated heterocycles. The van der Waals surface area contributed by atoms with Gasteiger partial charge in [-0.25, -0.2) is 0 Å². The Kier molecular flexibility index (Phi) is 5.24. The van der Waals surface area contributed by atoms with Gasteiger partial charge in [0.1, 0.15) is 0 Å². The first-order valence-electron chi connectivity index (χ1n) is 6.70. The van der Waals surface area contributed by atoms with Gasteiger partial charge in [0.25, 0.3) is 0 Å². The highest BCUT2D eigenvalue weighted by atomic mass is 35.5. The largest absolute Gasteiger partial charge is 0.388 e. The Morgan fingerprint density at radius 2 is 1.39 bits per heavy atom. The zero-order valence-corrected chi connectivity index (χ0v) is 13.0. The van der Waals surface area contributed by atoms with Crippen LogP contribution in [0.1, 0.15) is 50.5 Å². The Balaban J connectivity index is 3.16. The van der Waals surface area contributed by atoms with E-state index >= 15 is 0 Å². The minimum absolute atomic E-state index is 0.226. The molecule has 0 aliphatic heterocycles.